The highest BCUT2D eigenvalue weighted by Gasteiger charge is 2.58. The first-order chi connectivity index (χ1) is 11.0. The average molecular weight is 315 g/mol. The summed E-state index contributed by atoms with van der Waals surface area (Å²) in [6.07, 6.45) is 5.23. The normalized spacial score (nSPS) is 20.3. The van der Waals surface area contributed by atoms with E-state index >= 15 is 0 Å². The predicted molar refractivity (Wildman–Crippen MR) is 88.1 cm³/mol. The van der Waals surface area contributed by atoms with Gasteiger partial charge in [0, 0.05) is 13.1 Å². The van der Waals surface area contributed by atoms with Crippen LogP contribution in [0.4, 0.5) is 0 Å². The van der Waals surface area contributed by atoms with Gasteiger partial charge in [0.05, 0.1) is 0 Å². The minimum Gasteiger partial charge on any atom is -0.480 e. The number of carbonyl (C=O) groups excluding carboxylic acids is 1. The van der Waals surface area contributed by atoms with Crippen LogP contribution < -0.4 is 0 Å². The summed E-state index contributed by atoms with van der Waals surface area (Å²) in [5, 5.41) is 9.24. The Morgan fingerprint density at radius 3 is 2.30 bits per heavy atom. The van der Waals surface area contributed by atoms with Gasteiger partial charge in [0.25, 0.3) is 0 Å². The SMILES string of the molecule is Cc1ccc(CCC2CCN(C(=O)C3(C(=O)O)CC3)CC2)cc1. The highest BCUT2D eigenvalue weighted by Crippen LogP contribution is 2.48. The van der Waals surface area contributed by atoms with Gasteiger partial charge in [-0.15, -0.1) is 0 Å². The van der Waals surface area contributed by atoms with E-state index in [4.69, 9.17) is 0 Å². The molecule has 0 radical (unpaired) electrons. The topological polar surface area (TPSA) is 57.6 Å². The summed E-state index contributed by atoms with van der Waals surface area (Å²) in [7, 11) is 0. The van der Waals surface area contributed by atoms with Crippen molar-refractivity contribution in [3.05, 3.63) is 35.4 Å². The van der Waals surface area contributed by atoms with Gasteiger partial charge in [-0.1, -0.05) is 29.8 Å². The standard InChI is InChI=1S/C19H25NO3/c1-14-2-4-15(5-3-14)6-7-16-8-12-20(13-9-16)17(21)19(10-11-19)18(22)23/h2-5,16H,6-13H2,1H3,(H,22,23). The van der Waals surface area contributed by atoms with Gasteiger partial charge in [0.1, 0.15) is 5.41 Å². The number of benzene rings is 1. The minimum absolute atomic E-state index is 0.151. The van der Waals surface area contributed by atoms with Crippen LogP contribution in [0, 0.1) is 18.3 Å². The second kappa shape index (κ2) is 6.34. The largest absolute Gasteiger partial charge is 0.480 e. The quantitative estimate of drug-likeness (QED) is 0.850. The molecule has 1 aliphatic carbocycles. The van der Waals surface area contributed by atoms with Crippen molar-refractivity contribution in [2.75, 3.05) is 13.1 Å². The Kier molecular flexibility index (Phi) is 4.42. The summed E-state index contributed by atoms with van der Waals surface area (Å²) >= 11 is 0. The van der Waals surface area contributed by atoms with E-state index in [2.05, 4.69) is 31.2 Å². The van der Waals surface area contributed by atoms with Crippen LogP contribution in [-0.2, 0) is 16.0 Å². The van der Waals surface area contributed by atoms with Gasteiger partial charge in [0.2, 0.25) is 5.91 Å². The molecular weight excluding hydrogens is 290 g/mol. The van der Waals surface area contributed by atoms with E-state index < -0.39 is 11.4 Å². The maximum atomic E-state index is 12.4. The average Bonchev–Trinajstić information content (AvgIpc) is 3.36. The number of likely N-dealkylation sites (tertiary alicyclic amines) is 1. The fourth-order valence-corrected chi connectivity index (χ4v) is 3.50. The van der Waals surface area contributed by atoms with Crippen LogP contribution in [0.5, 0.6) is 0 Å². The van der Waals surface area contributed by atoms with E-state index in [1.807, 2.05) is 0 Å². The molecule has 1 saturated heterocycles. The van der Waals surface area contributed by atoms with E-state index in [1.54, 1.807) is 4.90 Å². The zero-order chi connectivity index (χ0) is 16.4. The van der Waals surface area contributed by atoms with E-state index in [1.165, 1.54) is 11.1 Å². The lowest BCUT2D eigenvalue weighted by Gasteiger charge is -2.33. The first-order valence-corrected chi connectivity index (χ1v) is 8.59. The minimum atomic E-state index is -1.07. The highest BCUT2D eigenvalue weighted by atomic mass is 16.4. The Morgan fingerprint density at radius 2 is 1.78 bits per heavy atom. The number of amides is 1. The van der Waals surface area contributed by atoms with Crippen LogP contribution in [0.15, 0.2) is 24.3 Å². The molecule has 2 aliphatic rings. The third-order valence-electron chi connectivity index (χ3n) is 5.43. The molecule has 2 fully saturated rings. The molecule has 1 N–H and O–H groups in total. The summed E-state index contributed by atoms with van der Waals surface area (Å²) in [5.41, 5.74) is 1.58. The second-order valence-corrected chi connectivity index (χ2v) is 7.15. The second-order valence-electron chi connectivity index (χ2n) is 7.15. The molecule has 4 heteroatoms. The molecule has 0 spiro atoms. The van der Waals surface area contributed by atoms with Crippen molar-refractivity contribution in [2.45, 2.75) is 45.4 Å². The fraction of sp³-hybridized carbons (Fsp3) is 0.579. The molecule has 0 unspecified atom stereocenters. The van der Waals surface area contributed by atoms with E-state index in [9.17, 15) is 14.7 Å². The Morgan fingerprint density at radius 1 is 1.17 bits per heavy atom. The van der Waals surface area contributed by atoms with Crippen molar-refractivity contribution >= 4 is 11.9 Å². The van der Waals surface area contributed by atoms with Crippen molar-refractivity contribution in [3.8, 4) is 0 Å². The number of rotatable bonds is 5. The zero-order valence-corrected chi connectivity index (χ0v) is 13.8. The molecule has 1 aromatic carbocycles. The highest BCUT2D eigenvalue weighted by molar-refractivity contribution is 6.04. The molecule has 23 heavy (non-hydrogen) atoms. The van der Waals surface area contributed by atoms with Gasteiger partial charge in [-0.2, -0.15) is 0 Å². The lowest BCUT2D eigenvalue weighted by Crippen LogP contribution is -2.45. The smallest absolute Gasteiger partial charge is 0.319 e. The van der Waals surface area contributed by atoms with Crippen molar-refractivity contribution < 1.29 is 14.7 Å². The predicted octanol–water partition coefficient (Wildman–Crippen LogP) is 3.03. The van der Waals surface area contributed by atoms with Gasteiger partial charge in [0.15, 0.2) is 0 Å². The molecule has 1 aromatic rings. The number of piperidine rings is 1. The van der Waals surface area contributed by atoms with Crippen LogP contribution in [0.25, 0.3) is 0 Å². The Labute approximate surface area is 137 Å². The van der Waals surface area contributed by atoms with Gasteiger partial charge >= 0.3 is 5.97 Å². The van der Waals surface area contributed by atoms with Crippen molar-refractivity contribution in [1.29, 1.82) is 0 Å². The Balaban J connectivity index is 1.46. The molecule has 1 heterocycles. The molecule has 1 aliphatic heterocycles. The van der Waals surface area contributed by atoms with E-state index in [0.717, 1.165) is 25.7 Å². The molecule has 124 valence electrons. The van der Waals surface area contributed by atoms with E-state index in [0.29, 0.717) is 31.8 Å². The van der Waals surface area contributed by atoms with Gasteiger partial charge in [-0.3, -0.25) is 9.59 Å². The molecule has 0 bridgehead atoms. The van der Waals surface area contributed by atoms with E-state index in [-0.39, 0.29) is 5.91 Å². The van der Waals surface area contributed by atoms with Gasteiger partial charge in [-0.05, 0) is 56.9 Å². The lowest BCUT2D eigenvalue weighted by molar-refractivity contribution is -0.154. The van der Waals surface area contributed by atoms with Crippen LogP contribution in [-0.4, -0.2) is 35.0 Å². The Hall–Kier alpha value is -1.84. The molecule has 0 aromatic heterocycles. The van der Waals surface area contributed by atoms with Crippen molar-refractivity contribution in [2.24, 2.45) is 11.3 Å². The number of hydrogen-bond acceptors (Lipinski definition) is 2. The van der Waals surface area contributed by atoms with Crippen LogP contribution in [0.2, 0.25) is 0 Å². The summed E-state index contributed by atoms with van der Waals surface area (Å²) in [6, 6.07) is 8.69. The third kappa shape index (κ3) is 3.41. The number of carbonyl (C=O) groups is 2. The summed E-state index contributed by atoms with van der Waals surface area (Å²) in [6.45, 7) is 3.53. The first kappa shape index (κ1) is 16.0. The monoisotopic (exact) mass is 315 g/mol. The maximum absolute atomic E-state index is 12.4. The van der Waals surface area contributed by atoms with Gasteiger partial charge in [-0.25, -0.2) is 0 Å². The third-order valence-corrected chi connectivity index (χ3v) is 5.43. The summed E-state index contributed by atoms with van der Waals surface area (Å²) < 4.78 is 0. The number of carboxylic acid groups (broad SMARTS) is 1. The van der Waals surface area contributed by atoms with Crippen LogP contribution >= 0.6 is 0 Å². The molecule has 4 nitrogen and oxygen atoms in total. The lowest BCUT2D eigenvalue weighted by atomic mass is 9.89. The molecular formula is C19H25NO3. The molecule has 3 rings (SSSR count). The summed E-state index contributed by atoms with van der Waals surface area (Å²) in [5.74, 6) is -0.452. The van der Waals surface area contributed by atoms with Crippen molar-refractivity contribution in [3.63, 3.8) is 0 Å². The maximum Gasteiger partial charge on any atom is 0.319 e. The Bertz CT molecular complexity index is 581. The first-order valence-electron chi connectivity index (χ1n) is 8.59. The van der Waals surface area contributed by atoms with Crippen molar-refractivity contribution in [1.82, 2.24) is 4.90 Å². The zero-order valence-electron chi connectivity index (χ0n) is 13.8. The number of nitrogens with zero attached hydrogens (tertiary/aromatic N) is 1. The molecule has 1 amide bonds. The number of carboxylic acids is 1. The molecule has 1 saturated carbocycles. The number of aryl methyl sites for hydroxylation is 2. The number of aliphatic carboxylic acids is 1. The molecule has 0 atom stereocenters. The fourth-order valence-electron chi connectivity index (χ4n) is 3.50. The number of hydrogen-bond donors (Lipinski definition) is 1. The van der Waals surface area contributed by atoms with Gasteiger partial charge < -0.3 is 10.0 Å². The van der Waals surface area contributed by atoms with Crippen LogP contribution in [0.1, 0.15) is 43.2 Å². The summed E-state index contributed by atoms with van der Waals surface area (Å²) in [4.78, 5) is 25.4. The van der Waals surface area contributed by atoms with Crippen LogP contribution in [0.3, 0.4) is 0 Å².